The molecule has 3 atom stereocenters. The summed E-state index contributed by atoms with van der Waals surface area (Å²) in [7, 11) is 1.26. The van der Waals surface area contributed by atoms with Crippen LogP contribution in [0.1, 0.15) is 303 Å². The number of nitrogens with one attached hydrogen (secondary N) is 1. The molecule has 0 aliphatic rings. The minimum absolute atomic E-state index is 0.00372. The molecule has 0 rings (SSSR count). The molecule has 0 spiro atoms. The highest BCUT2D eigenvalue weighted by atomic mass is 31.2. The summed E-state index contributed by atoms with van der Waals surface area (Å²) >= 11 is 0. The van der Waals surface area contributed by atoms with Crippen molar-refractivity contribution in [2.24, 2.45) is 0 Å². The van der Waals surface area contributed by atoms with Crippen LogP contribution in [0.4, 0.5) is 0 Å². The topological polar surface area (TPSA) is 108 Å². The van der Waals surface area contributed by atoms with Crippen molar-refractivity contribution >= 4 is 13.7 Å². The van der Waals surface area contributed by atoms with E-state index in [4.69, 9.17) is 9.05 Å². The summed E-state index contributed by atoms with van der Waals surface area (Å²) in [5.74, 6) is -0.202. The van der Waals surface area contributed by atoms with Crippen molar-refractivity contribution in [2.75, 3.05) is 40.9 Å². The second-order valence-corrected chi connectivity index (χ2v) is 23.5. The van der Waals surface area contributed by atoms with Crippen LogP contribution in [0.2, 0.25) is 0 Å². The number of carbonyl (C=O) groups is 1. The molecule has 0 heterocycles. The van der Waals surface area contributed by atoms with E-state index in [-0.39, 0.29) is 19.1 Å². The molecule has 0 fully saturated rings. The van der Waals surface area contributed by atoms with Gasteiger partial charge in [-0.25, -0.2) is 0 Å². The molecule has 0 saturated heterocycles. The van der Waals surface area contributed by atoms with Gasteiger partial charge in [-0.15, -0.1) is 0 Å². The molecule has 0 aliphatic heterocycles. The van der Waals surface area contributed by atoms with Gasteiger partial charge in [-0.2, -0.15) is 0 Å². The Bertz CT molecular complexity index is 1170. The number of aliphatic hydroxyl groups is 1. The smallest absolute Gasteiger partial charge is 0.268 e. The molecule has 3 unspecified atom stereocenters. The van der Waals surface area contributed by atoms with Gasteiger partial charge < -0.3 is 28.8 Å². The van der Waals surface area contributed by atoms with E-state index < -0.39 is 20.0 Å². The Morgan fingerprint density at radius 2 is 0.812 bits per heavy atom. The van der Waals surface area contributed by atoms with Gasteiger partial charge in [-0.05, 0) is 32.1 Å². The summed E-state index contributed by atoms with van der Waals surface area (Å²) in [6.45, 7) is 4.67. The minimum atomic E-state index is -4.60. The maximum Gasteiger partial charge on any atom is 0.268 e. The normalized spacial score (nSPS) is 14.0. The van der Waals surface area contributed by atoms with Gasteiger partial charge in [0.25, 0.3) is 7.82 Å². The van der Waals surface area contributed by atoms with E-state index in [1.165, 1.54) is 244 Å². The van der Waals surface area contributed by atoms with Crippen LogP contribution in [0, 0.1) is 0 Å². The maximum atomic E-state index is 12.9. The van der Waals surface area contributed by atoms with E-state index in [0.717, 1.165) is 38.5 Å². The molecule has 8 nitrogen and oxygen atoms in total. The molecule has 0 aliphatic carbocycles. The van der Waals surface area contributed by atoms with Gasteiger partial charge >= 0.3 is 0 Å². The highest BCUT2D eigenvalue weighted by Gasteiger charge is 2.23. The number of hydrogen-bond donors (Lipinski definition) is 2. The van der Waals surface area contributed by atoms with Crippen LogP contribution in [0.15, 0.2) is 24.3 Å². The Balaban J connectivity index is 4.14. The Morgan fingerprint density at radius 1 is 0.493 bits per heavy atom. The fourth-order valence-electron chi connectivity index (χ4n) is 9.17. The van der Waals surface area contributed by atoms with Gasteiger partial charge in [-0.3, -0.25) is 9.36 Å². The fraction of sp³-hybridized carbons (Fsp3) is 0.917. The number of likely N-dealkylation sites (N-methyl/N-ethyl adjacent to an activating group) is 1. The van der Waals surface area contributed by atoms with Crippen molar-refractivity contribution in [1.29, 1.82) is 0 Å². The van der Waals surface area contributed by atoms with Crippen LogP contribution in [0.3, 0.4) is 0 Å². The lowest BCUT2D eigenvalue weighted by Gasteiger charge is -2.29. The van der Waals surface area contributed by atoms with E-state index in [0.29, 0.717) is 17.4 Å². The molecular weight excluding hydrogens is 876 g/mol. The first-order valence-electron chi connectivity index (χ1n) is 30.2. The number of quaternary nitrogens is 1. The zero-order valence-electron chi connectivity index (χ0n) is 46.8. The minimum Gasteiger partial charge on any atom is -0.756 e. The second-order valence-electron chi connectivity index (χ2n) is 22.1. The van der Waals surface area contributed by atoms with Gasteiger partial charge in [0.2, 0.25) is 5.91 Å². The van der Waals surface area contributed by atoms with Crippen LogP contribution in [-0.2, 0) is 18.4 Å². The molecular formula is C60H119N2O6P. The summed E-state index contributed by atoms with van der Waals surface area (Å²) in [6, 6.07) is -0.900. The highest BCUT2D eigenvalue weighted by molar-refractivity contribution is 7.45. The third-order valence-corrected chi connectivity index (χ3v) is 14.9. The lowest BCUT2D eigenvalue weighted by atomic mass is 10.0. The van der Waals surface area contributed by atoms with Gasteiger partial charge in [0.15, 0.2) is 0 Å². The largest absolute Gasteiger partial charge is 0.756 e. The van der Waals surface area contributed by atoms with E-state index in [2.05, 4.69) is 31.3 Å². The van der Waals surface area contributed by atoms with Crippen molar-refractivity contribution in [2.45, 2.75) is 315 Å². The number of hydrogen-bond acceptors (Lipinski definition) is 6. The number of nitrogens with zero attached hydrogens (tertiary/aromatic N) is 1. The van der Waals surface area contributed by atoms with Gasteiger partial charge in [0.1, 0.15) is 13.2 Å². The van der Waals surface area contributed by atoms with Crippen LogP contribution in [0.25, 0.3) is 0 Å². The summed E-state index contributed by atoms with van der Waals surface area (Å²) < 4.78 is 23.3. The number of aliphatic hydroxyl groups excluding tert-OH is 1. The summed E-state index contributed by atoms with van der Waals surface area (Å²) in [5.41, 5.74) is 0. The van der Waals surface area contributed by atoms with Crippen LogP contribution in [-0.4, -0.2) is 68.5 Å². The first-order valence-corrected chi connectivity index (χ1v) is 31.7. The molecule has 1 amide bonds. The van der Waals surface area contributed by atoms with Gasteiger partial charge in [0.05, 0.1) is 39.9 Å². The van der Waals surface area contributed by atoms with Crippen molar-refractivity contribution in [3.8, 4) is 0 Å². The number of phosphoric acid groups is 1. The lowest BCUT2D eigenvalue weighted by molar-refractivity contribution is -0.870. The molecule has 69 heavy (non-hydrogen) atoms. The van der Waals surface area contributed by atoms with Crippen LogP contribution >= 0.6 is 7.82 Å². The maximum absolute atomic E-state index is 12.9. The van der Waals surface area contributed by atoms with Crippen LogP contribution < -0.4 is 10.2 Å². The van der Waals surface area contributed by atoms with Crippen molar-refractivity contribution in [1.82, 2.24) is 5.32 Å². The lowest BCUT2D eigenvalue weighted by Crippen LogP contribution is -2.45. The summed E-state index contributed by atoms with van der Waals surface area (Å²) in [5, 5.41) is 13.9. The zero-order valence-corrected chi connectivity index (χ0v) is 47.7. The number of phosphoric ester groups is 1. The third-order valence-electron chi connectivity index (χ3n) is 13.9. The first-order chi connectivity index (χ1) is 33.5. The number of allylic oxidation sites excluding steroid dienone is 3. The first kappa shape index (κ1) is 68.0. The van der Waals surface area contributed by atoms with E-state index in [1.54, 1.807) is 6.08 Å². The average Bonchev–Trinajstić information content (AvgIpc) is 3.31. The quantitative estimate of drug-likeness (QED) is 0.0272. The molecule has 0 bridgehead atoms. The highest BCUT2D eigenvalue weighted by Crippen LogP contribution is 2.38. The molecule has 9 heteroatoms. The summed E-state index contributed by atoms with van der Waals surface area (Å²) in [4.78, 5) is 25.5. The Hall–Kier alpha value is -1.02. The van der Waals surface area contributed by atoms with Crippen LogP contribution in [0.5, 0.6) is 0 Å². The van der Waals surface area contributed by atoms with Gasteiger partial charge in [-0.1, -0.05) is 289 Å². The Morgan fingerprint density at radius 3 is 1.17 bits per heavy atom. The van der Waals surface area contributed by atoms with E-state index in [1.807, 2.05) is 27.2 Å². The second kappa shape index (κ2) is 51.9. The molecule has 0 radical (unpaired) electrons. The number of unbranched alkanes of at least 4 members (excludes halogenated alkanes) is 41. The van der Waals surface area contributed by atoms with E-state index in [9.17, 15) is 19.4 Å². The van der Waals surface area contributed by atoms with Crippen molar-refractivity contribution < 1.29 is 32.9 Å². The Kier molecular flexibility index (Phi) is 51.1. The number of carbonyl (C=O) groups excluding carboxylic acids is 1. The monoisotopic (exact) mass is 995 g/mol. The van der Waals surface area contributed by atoms with Crippen molar-refractivity contribution in [3.63, 3.8) is 0 Å². The predicted octanol–water partition coefficient (Wildman–Crippen LogP) is 17.7. The predicted molar refractivity (Wildman–Crippen MR) is 298 cm³/mol. The van der Waals surface area contributed by atoms with E-state index >= 15 is 0 Å². The molecule has 0 aromatic heterocycles. The molecule has 2 N–H and O–H groups in total. The average molecular weight is 996 g/mol. The number of rotatable bonds is 56. The SMILES string of the molecule is CCCCCCCCCCCCCCCCCCCCCCCCCC/C=C/CC/C=C/C(O)C(COP(=O)([O-])OCC[N+](C)(C)C)NC(=O)CCCCCCCCCCCCCCCCCCC. The standard InChI is InChI=1S/C60H119N2O6P/c1-6-8-10-12-14-16-18-20-22-24-25-26-27-28-29-30-31-32-33-34-35-36-38-39-41-43-45-47-49-51-53-59(63)58(57-68-69(65,66)67-56-55-62(3,4)5)61-60(64)54-52-50-48-46-44-42-40-37-23-21-19-17-15-13-11-9-7-2/h43,45,51,53,58-59,63H,6-42,44,46-50,52,54-57H2,1-5H3,(H-,61,64,65,66)/b45-43+,53-51+. The van der Waals surface area contributed by atoms with Crippen molar-refractivity contribution in [3.05, 3.63) is 24.3 Å². The number of amides is 1. The van der Waals surface area contributed by atoms with Gasteiger partial charge in [0, 0.05) is 6.42 Å². The molecule has 0 aromatic rings. The zero-order chi connectivity index (χ0) is 50.6. The third kappa shape index (κ3) is 54.6. The Labute approximate surface area is 430 Å². The molecule has 410 valence electrons. The fourth-order valence-corrected chi connectivity index (χ4v) is 9.90. The molecule has 0 aromatic carbocycles. The summed E-state index contributed by atoms with van der Waals surface area (Å²) in [6.07, 6.45) is 65.6. The molecule has 0 saturated carbocycles.